The Morgan fingerprint density at radius 3 is 2.80 bits per heavy atom. The van der Waals surface area contributed by atoms with E-state index in [0.717, 1.165) is 10.9 Å². The second-order valence-corrected chi connectivity index (χ2v) is 3.63. The minimum Gasteiger partial charge on any atom is -0.410 e. The molecule has 1 aromatic heterocycles. The Kier molecular flexibility index (Phi) is 2.75. The average Bonchev–Trinajstić information content (AvgIpc) is 2.27. The average molecular weight is 241 g/mol. The van der Waals surface area contributed by atoms with Crippen molar-refractivity contribution in [3.63, 3.8) is 0 Å². The van der Waals surface area contributed by atoms with E-state index in [4.69, 9.17) is 28.4 Å². The molecule has 76 valence electrons. The van der Waals surface area contributed by atoms with E-state index in [2.05, 4.69) is 10.1 Å². The van der Waals surface area contributed by atoms with E-state index in [1.807, 2.05) is 24.3 Å². The molecule has 0 saturated carbocycles. The fourth-order valence-electron chi connectivity index (χ4n) is 1.29. The smallest absolute Gasteiger partial charge is 0.178 e. The van der Waals surface area contributed by atoms with Crippen LogP contribution in [0.5, 0.6) is 0 Å². The third-order valence-corrected chi connectivity index (χ3v) is 2.55. The number of nitrogens with zero attached hydrogens (tertiary/aromatic N) is 2. The molecule has 1 N–H and O–H groups in total. The maximum atomic E-state index is 8.55. The normalized spacial score (nSPS) is 12.0. The van der Waals surface area contributed by atoms with E-state index in [1.165, 1.54) is 0 Å². The summed E-state index contributed by atoms with van der Waals surface area (Å²) in [4.78, 5) is 4.13. The number of hydrogen-bond acceptors (Lipinski definition) is 3. The van der Waals surface area contributed by atoms with Gasteiger partial charge in [0.2, 0.25) is 0 Å². The van der Waals surface area contributed by atoms with Gasteiger partial charge >= 0.3 is 0 Å². The van der Waals surface area contributed by atoms with Crippen molar-refractivity contribution in [3.05, 3.63) is 41.0 Å². The predicted octanol–water partition coefficient (Wildman–Crippen LogP) is 3.26. The molecule has 1 heterocycles. The van der Waals surface area contributed by atoms with E-state index >= 15 is 0 Å². The lowest BCUT2D eigenvalue weighted by molar-refractivity contribution is 0.321. The third-order valence-electron chi connectivity index (χ3n) is 1.99. The van der Waals surface area contributed by atoms with Crippen LogP contribution in [0.4, 0.5) is 0 Å². The quantitative estimate of drug-likeness (QED) is 0.360. The van der Waals surface area contributed by atoms with Crippen LogP contribution in [0.15, 0.2) is 35.5 Å². The number of hydrogen-bond donors (Lipinski definition) is 1. The van der Waals surface area contributed by atoms with Crippen molar-refractivity contribution < 1.29 is 5.21 Å². The van der Waals surface area contributed by atoms with Crippen LogP contribution < -0.4 is 0 Å². The number of para-hydroxylation sites is 1. The molecule has 5 heteroatoms. The zero-order chi connectivity index (χ0) is 10.8. The summed E-state index contributed by atoms with van der Waals surface area (Å²) in [5.74, 6) is 0. The second kappa shape index (κ2) is 4.04. The molecule has 3 nitrogen and oxygen atoms in total. The Morgan fingerprint density at radius 2 is 2.07 bits per heavy atom. The lowest BCUT2D eigenvalue weighted by Gasteiger charge is -2.02. The van der Waals surface area contributed by atoms with Gasteiger partial charge in [-0.25, -0.2) is 4.98 Å². The standard InChI is InChI=1S/C10H6Cl2N2O/c11-9-7(10(12)14-15)5-6-3-1-2-4-8(6)13-9/h1-5,15H/b14-10-. The van der Waals surface area contributed by atoms with Gasteiger partial charge in [-0.05, 0) is 12.1 Å². The molecular weight excluding hydrogens is 235 g/mol. The van der Waals surface area contributed by atoms with Gasteiger partial charge in [0, 0.05) is 5.39 Å². The Morgan fingerprint density at radius 1 is 1.33 bits per heavy atom. The number of benzene rings is 1. The maximum Gasteiger partial charge on any atom is 0.178 e. The monoisotopic (exact) mass is 240 g/mol. The molecule has 0 bridgehead atoms. The van der Waals surface area contributed by atoms with Crippen molar-refractivity contribution in [1.29, 1.82) is 0 Å². The summed E-state index contributed by atoms with van der Waals surface area (Å²) in [6.45, 7) is 0. The van der Waals surface area contributed by atoms with Crippen molar-refractivity contribution in [3.8, 4) is 0 Å². The van der Waals surface area contributed by atoms with Gasteiger partial charge in [0.15, 0.2) is 5.17 Å². The largest absolute Gasteiger partial charge is 0.410 e. The predicted molar refractivity (Wildman–Crippen MR) is 60.9 cm³/mol. The number of aromatic nitrogens is 1. The summed E-state index contributed by atoms with van der Waals surface area (Å²) >= 11 is 11.6. The number of halogens is 2. The van der Waals surface area contributed by atoms with Gasteiger partial charge in [-0.15, -0.1) is 0 Å². The molecule has 0 aliphatic rings. The van der Waals surface area contributed by atoms with Crippen LogP contribution >= 0.6 is 23.2 Å². The highest BCUT2D eigenvalue weighted by Crippen LogP contribution is 2.21. The van der Waals surface area contributed by atoms with Crippen molar-refractivity contribution in [1.82, 2.24) is 4.98 Å². The van der Waals surface area contributed by atoms with E-state index in [1.54, 1.807) is 6.07 Å². The van der Waals surface area contributed by atoms with Crippen LogP contribution in [0.3, 0.4) is 0 Å². The Bertz CT molecular complexity index is 540. The highest BCUT2D eigenvalue weighted by Gasteiger charge is 2.09. The summed E-state index contributed by atoms with van der Waals surface area (Å²) in [7, 11) is 0. The second-order valence-electron chi connectivity index (χ2n) is 2.91. The first-order valence-electron chi connectivity index (χ1n) is 4.15. The van der Waals surface area contributed by atoms with Crippen molar-refractivity contribution in [2.75, 3.05) is 0 Å². The maximum absolute atomic E-state index is 8.55. The molecule has 15 heavy (non-hydrogen) atoms. The lowest BCUT2D eigenvalue weighted by Crippen LogP contribution is -1.95. The molecule has 1 aromatic carbocycles. The number of fused-ring (bicyclic) bond motifs is 1. The highest BCUT2D eigenvalue weighted by atomic mass is 35.5. The molecule has 2 aromatic rings. The molecule has 0 unspecified atom stereocenters. The zero-order valence-corrected chi connectivity index (χ0v) is 9.00. The van der Waals surface area contributed by atoms with Gasteiger partial charge in [-0.3, -0.25) is 0 Å². The Hall–Kier alpha value is -1.32. The minimum atomic E-state index is -0.0711. The SMILES string of the molecule is O/N=C(\Cl)c1cc2ccccc2nc1Cl. The molecule has 0 aliphatic carbocycles. The first-order chi connectivity index (χ1) is 7.22. The zero-order valence-electron chi connectivity index (χ0n) is 7.48. The molecule has 0 aliphatic heterocycles. The lowest BCUT2D eigenvalue weighted by atomic mass is 10.2. The number of oxime groups is 1. The van der Waals surface area contributed by atoms with Gasteiger partial charge in [0.05, 0.1) is 11.1 Å². The topological polar surface area (TPSA) is 45.5 Å². The molecule has 0 fully saturated rings. The molecule has 0 amide bonds. The number of pyridine rings is 1. The Balaban J connectivity index is 2.72. The van der Waals surface area contributed by atoms with Crippen LogP contribution in [-0.4, -0.2) is 15.4 Å². The summed E-state index contributed by atoms with van der Waals surface area (Å²) in [5, 5.41) is 12.5. The van der Waals surface area contributed by atoms with E-state index in [0.29, 0.717) is 5.56 Å². The molecular formula is C10H6Cl2N2O. The van der Waals surface area contributed by atoms with E-state index < -0.39 is 0 Å². The van der Waals surface area contributed by atoms with Crippen molar-refractivity contribution >= 4 is 39.3 Å². The van der Waals surface area contributed by atoms with Crippen LogP contribution in [-0.2, 0) is 0 Å². The van der Waals surface area contributed by atoms with E-state index in [-0.39, 0.29) is 10.3 Å². The van der Waals surface area contributed by atoms with Crippen molar-refractivity contribution in [2.45, 2.75) is 0 Å². The first kappa shape index (κ1) is 10.2. The first-order valence-corrected chi connectivity index (χ1v) is 4.91. The van der Waals surface area contributed by atoms with E-state index in [9.17, 15) is 0 Å². The third kappa shape index (κ3) is 1.89. The molecule has 0 spiro atoms. The molecule has 0 radical (unpaired) electrons. The van der Waals surface area contributed by atoms with Crippen LogP contribution in [0, 0.1) is 0 Å². The van der Waals surface area contributed by atoms with Gasteiger partial charge < -0.3 is 5.21 Å². The fourth-order valence-corrected chi connectivity index (χ4v) is 1.72. The van der Waals surface area contributed by atoms with Crippen LogP contribution in [0.25, 0.3) is 10.9 Å². The molecule has 0 saturated heterocycles. The van der Waals surface area contributed by atoms with Gasteiger partial charge in [0.1, 0.15) is 5.15 Å². The summed E-state index contributed by atoms with van der Waals surface area (Å²) < 4.78 is 0. The van der Waals surface area contributed by atoms with Crippen LogP contribution in [0.1, 0.15) is 5.56 Å². The fraction of sp³-hybridized carbons (Fsp3) is 0. The summed E-state index contributed by atoms with van der Waals surface area (Å²) in [5.41, 5.74) is 1.19. The summed E-state index contributed by atoms with van der Waals surface area (Å²) in [6.07, 6.45) is 0. The summed E-state index contributed by atoms with van der Waals surface area (Å²) in [6, 6.07) is 9.20. The Labute approximate surface area is 95.9 Å². The van der Waals surface area contributed by atoms with Crippen molar-refractivity contribution in [2.24, 2.45) is 5.16 Å². The molecule has 2 rings (SSSR count). The minimum absolute atomic E-state index is 0.0711. The van der Waals surface area contributed by atoms with Gasteiger partial charge in [0.25, 0.3) is 0 Å². The molecule has 0 atom stereocenters. The number of rotatable bonds is 1. The van der Waals surface area contributed by atoms with Gasteiger partial charge in [-0.2, -0.15) is 0 Å². The highest BCUT2D eigenvalue weighted by molar-refractivity contribution is 6.70. The van der Waals surface area contributed by atoms with Crippen LogP contribution in [0.2, 0.25) is 5.15 Å². The van der Waals surface area contributed by atoms with Gasteiger partial charge in [-0.1, -0.05) is 46.6 Å².